The first-order valence-electron chi connectivity index (χ1n) is 10.0. The van der Waals surface area contributed by atoms with Gasteiger partial charge >= 0.3 is 0 Å². The topological polar surface area (TPSA) is 88.8 Å². The van der Waals surface area contributed by atoms with Gasteiger partial charge in [0.15, 0.2) is 11.6 Å². The molecular weight excluding hydrogens is 424 g/mol. The molecule has 5 rings (SSSR count). The number of anilines is 1. The van der Waals surface area contributed by atoms with Crippen LogP contribution in [0.5, 0.6) is 5.88 Å². The molecule has 0 aliphatic rings. The molecule has 3 heterocycles. The maximum atomic E-state index is 10.7. The standard InChI is InChI=1S/C24H19ClN6O/c1-15-9-11-31(30-15)23-21(18-12-17-8-5-10-26-20(17)19(25)13-18)28-24(32)22(29-23)27-14-16-6-3-2-4-7-16/h2-13H,14H2,1H3,(H,27,29)(H,28,32). The number of halogens is 1. The fraction of sp³-hybridized carbons (Fsp3) is 0.0833. The maximum absolute atomic E-state index is 10.7. The SMILES string of the molecule is Cc1ccn(-c2nc(NCc3ccccc3)c(O)nc2-c2cc(Cl)c3ncccc3c2)n1. The highest BCUT2D eigenvalue weighted by atomic mass is 35.5. The van der Waals surface area contributed by atoms with Crippen LogP contribution in [0.15, 0.2) is 73.1 Å². The molecule has 32 heavy (non-hydrogen) atoms. The van der Waals surface area contributed by atoms with E-state index in [2.05, 4.69) is 25.4 Å². The van der Waals surface area contributed by atoms with E-state index in [0.29, 0.717) is 34.2 Å². The van der Waals surface area contributed by atoms with Crippen molar-refractivity contribution in [2.45, 2.75) is 13.5 Å². The van der Waals surface area contributed by atoms with Gasteiger partial charge in [-0.2, -0.15) is 5.10 Å². The monoisotopic (exact) mass is 442 g/mol. The van der Waals surface area contributed by atoms with E-state index in [0.717, 1.165) is 16.6 Å². The van der Waals surface area contributed by atoms with Crippen molar-refractivity contribution in [2.24, 2.45) is 0 Å². The van der Waals surface area contributed by atoms with Crippen LogP contribution in [0.4, 0.5) is 5.82 Å². The van der Waals surface area contributed by atoms with Crippen molar-refractivity contribution in [1.82, 2.24) is 24.7 Å². The zero-order valence-electron chi connectivity index (χ0n) is 17.2. The molecule has 0 atom stereocenters. The molecule has 0 bridgehead atoms. The number of pyridine rings is 1. The highest BCUT2D eigenvalue weighted by Gasteiger charge is 2.18. The van der Waals surface area contributed by atoms with Crippen LogP contribution in [-0.2, 0) is 6.54 Å². The number of hydrogen-bond acceptors (Lipinski definition) is 6. The summed E-state index contributed by atoms with van der Waals surface area (Å²) in [6, 6.07) is 19.2. The molecule has 2 N–H and O–H groups in total. The van der Waals surface area contributed by atoms with Gasteiger partial charge in [-0.05, 0) is 36.8 Å². The van der Waals surface area contributed by atoms with Crippen LogP contribution >= 0.6 is 11.6 Å². The van der Waals surface area contributed by atoms with E-state index in [9.17, 15) is 5.11 Å². The molecule has 5 aromatic rings. The zero-order chi connectivity index (χ0) is 22.1. The van der Waals surface area contributed by atoms with E-state index in [4.69, 9.17) is 11.6 Å². The van der Waals surface area contributed by atoms with E-state index in [-0.39, 0.29) is 11.7 Å². The summed E-state index contributed by atoms with van der Waals surface area (Å²) in [5.41, 5.74) is 3.76. The van der Waals surface area contributed by atoms with Crippen LogP contribution in [-0.4, -0.2) is 29.8 Å². The molecular formula is C24H19ClN6O. The molecule has 158 valence electrons. The molecule has 0 spiro atoms. The van der Waals surface area contributed by atoms with Gasteiger partial charge in [-0.1, -0.05) is 48.0 Å². The van der Waals surface area contributed by atoms with Crippen LogP contribution < -0.4 is 5.32 Å². The van der Waals surface area contributed by atoms with Crippen molar-refractivity contribution in [3.63, 3.8) is 0 Å². The van der Waals surface area contributed by atoms with Gasteiger partial charge in [0.25, 0.3) is 5.88 Å². The predicted molar refractivity (Wildman–Crippen MR) is 125 cm³/mol. The Hall–Kier alpha value is -3.97. The zero-order valence-corrected chi connectivity index (χ0v) is 18.0. The number of aryl methyl sites for hydroxylation is 1. The Morgan fingerprint density at radius 1 is 1.03 bits per heavy atom. The number of hydrogen-bond donors (Lipinski definition) is 2. The van der Waals surface area contributed by atoms with E-state index in [1.54, 1.807) is 16.9 Å². The molecule has 8 heteroatoms. The molecule has 0 aliphatic carbocycles. The number of aromatic hydroxyl groups is 1. The molecule has 7 nitrogen and oxygen atoms in total. The smallest absolute Gasteiger partial charge is 0.255 e. The van der Waals surface area contributed by atoms with Crippen molar-refractivity contribution < 1.29 is 5.11 Å². The summed E-state index contributed by atoms with van der Waals surface area (Å²) in [5.74, 6) is 0.547. The van der Waals surface area contributed by atoms with Crippen LogP contribution in [0.2, 0.25) is 5.02 Å². The Morgan fingerprint density at radius 3 is 2.66 bits per heavy atom. The lowest BCUT2D eigenvalue weighted by Crippen LogP contribution is -2.09. The molecule has 0 radical (unpaired) electrons. The molecule has 0 aliphatic heterocycles. The second-order valence-corrected chi connectivity index (χ2v) is 7.75. The average molecular weight is 443 g/mol. The first-order chi connectivity index (χ1) is 15.6. The van der Waals surface area contributed by atoms with Crippen LogP contribution in [0.1, 0.15) is 11.3 Å². The predicted octanol–water partition coefficient (Wildman–Crippen LogP) is 5.16. The Balaban J connectivity index is 1.63. The van der Waals surface area contributed by atoms with Gasteiger partial charge in [0.05, 0.1) is 16.2 Å². The minimum Gasteiger partial charge on any atom is -0.491 e. The minimum absolute atomic E-state index is 0.203. The van der Waals surface area contributed by atoms with E-state index in [1.165, 1.54) is 0 Å². The summed E-state index contributed by atoms with van der Waals surface area (Å²) in [7, 11) is 0. The van der Waals surface area contributed by atoms with Gasteiger partial charge < -0.3 is 10.4 Å². The van der Waals surface area contributed by atoms with Crippen LogP contribution in [0.25, 0.3) is 28.0 Å². The minimum atomic E-state index is -0.203. The molecule has 0 saturated carbocycles. The van der Waals surface area contributed by atoms with Crippen molar-refractivity contribution in [2.75, 3.05) is 5.32 Å². The van der Waals surface area contributed by atoms with Gasteiger partial charge in [-0.3, -0.25) is 4.98 Å². The van der Waals surface area contributed by atoms with Gasteiger partial charge in [0, 0.05) is 29.9 Å². The van der Waals surface area contributed by atoms with Gasteiger partial charge in [0.1, 0.15) is 5.69 Å². The highest BCUT2D eigenvalue weighted by molar-refractivity contribution is 6.35. The first-order valence-corrected chi connectivity index (χ1v) is 10.4. The average Bonchev–Trinajstić information content (AvgIpc) is 3.25. The Labute approximate surface area is 189 Å². The van der Waals surface area contributed by atoms with Crippen molar-refractivity contribution in [3.05, 3.63) is 89.3 Å². The first kappa shape index (κ1) is 20.0. The van der Waals surface area contributed by atoms with Gasteiger partial charge in [0.2, 0.25) is 0 Å². The highest BCUT2D eigenvalue weighted by Crippen LogP contribution is 2.34. The Morgan fingerprint density at radius 2 is 1.88 bits per heavy atom. The maximum Gasteiger partial charge on any atom is 0.255 e. The van der Waals surface area contributed by atoms with Gasteiger partial charge in [-0.25, -0.2) is 14.6 Å². The van der Waals surface area contributed by atoms with Crippen LogP contribution in [0.3, 0.4) is 0 Å². The summed E-state index contributed by atoms with van der Waals surface area (Å²) in [5, 5.41) is 19.7. The van der Waals surface area contributed by atoms with Crippen LogP contribution in [0, 0.1) is 6.92 Å². The number of aromatic nitrogens is 5. The largest absolute Gasteiger partial charge is 0.491 e. The summed E-state index contributed by atoms with van der Waals surface area (Å²) >= 11 is 6.50. The summed E-state index contributed by atoms with van der Waals surface area (Å²) < 4.78 is 1.64. The van der Waals surface area contributed by atoms with E-state index >= 15 is 0 Å². The molecule has 0 fully saturated rings. The molecule has 2 aromatic carbocycles. The fourth-order valence-electron chi connectivity index (χ4n) is 3.49. The number of nitrogens with one attached hydrogen (secondary N) is 1. The second kappa shape index (κ2) is 8.28. The van der Waals surface area contributed by atoms with Crippen molar-refractivity contribution >= 4 is 28.3 Å². The number of rotatable bonds is 5. The summed E-state index contributed by atoms with van der Waals surface area (Å²) in [6.45, 7) is 2.39. The van der Waals surface area contributed by atoms with Crippen molar-refractivity contribution in [3.8, 4) is 23.0 Å². The number of nitrogens with zero attached hydrogens (tertiary/aromatic N) is 5. The Kier molecular flexibility index (Phi) is 5.17. The van der Waals surface area contributed by atoms with E-state index in [1.807, 2.05) is 67.7 Å². The molecule has 0 amide bonds. The normalized spacial score (nSPS) is 11.1. The third-order valence-electron chi connectivity index (χ3n) is 5.03. The molecule has 3 aromatic heterocycles. The number of fused-ring (bicyclic) bond motifs is 1. The fourth-order valence-corrected chi connectivity index (χ4v) is 3.76. The van der Waals surface area contributed by atoms with Crippen molar-refractivity contribution in [1.29, 1.82) is 0 Å². The second-order valence-electron chi connectivity index (χ2n) is 7.34. The lowest BCUT2D eigenvalue weighted by atomic mass is 10.1. The molecule has 0 saturated heterocycles. The molecule has 0 unspecified atom stereocenters. The number of benzene rings is 2. The quantitative estimate of drug-likeness (QED) is 0.391. The summed E-state index contributed by atoms with van der Waals surface area (Å²) in [6.07, 6.45) is 3.51. The third-order valence-corrected chi connectivity index (χ3v) is 5.32. The third kappa shape index (κ3) is 3.86. The lowest BCUT2D eigenvalue weighted by molar-refractivity contribution is 0.453. The Bertz CT molecular complexity index is 1420. The lowest BCUT2D eigenvalue weighted by Gasteiger charge is -2.14. The van der Waals surface area contributed by atoms with E-state index < -0.39 is 0 Å². The van der Waals surface area contributed by atoms with Gasteiger partial charge in [-0.15, -0.1) is 0 Å². The summed E-state index contributed by atoms with van der Waals surface area (Å²) in [4.78, 5) is 13.5.